The van der Waals surface area contributed by atoms with Gasteiger partial charge in [-0.2, -0.15) is 0 Å². The first-order chi connectivity index (χ1) is 15.0. The Bertz CT molecular complexity index is 540. The van der Waals surface area contributed by atoms with Crippen LogP contribution in [0, 0.1) is 29.6 Å². The van der Waals surface area contributed by atoms with Crippen molar-refractivity contribution in [2.75, 3.05) is 39.6 Å². The summed E-state index contributed by atoms with van der Waals surface area (Å²) >= 11 is 0. The minimum absolute atomic E-state index is 0.000410. The topological polar surface area (TPSA) is 74.2 Å². The number of hydrogen-bond donors (Lipinski definition) is 1. The lowest BCUT2D eigenvalue weighted by Gasteiger charge is -2.39. The van der Waals surface area contributed by atoms with Gasteiger partial charge in [0.25, 0.3) is 0 Å². The number of aliphatic hydroxyl groups is 1. The Labute approximate surface area is 188 Å². The number of carbonyl (C=O) groups is 1. The van der Waals surface area contributed by atoms with E-state index in [0.29, 0.717) is 50.6 Å². The normalized spacial score (nSPS) is 25.9. The summed E-state index contributed by atoms with van der Waals surface area (Å²) < 4.78 is 23.1. The van der Waals surface area contributed by atoms with Gasteiger partial charge in [0.05, 0.1) is 26.4 Å². The Hall–Kier alpha value is -0.950. The van der Waals surface area contributed by atoms with Crippen LogP contribution in [-0.2, 0) is 23.7 Å². The molecule has 6 nitrogen and oxygen atoms in total. The summed E-state index contributed by atoms with van der Waals surface area (Å²) in [6, 6.07) is 0. The molecule has 2 aliphatic rings. The standard InChI is InChI=1S/C25H44O6/c1-5-30-25-21(11-13-28-15-16-29-14-12-26)22(18(2)3)17-23(31-25)24(27)19(4)20-9-7-6-8-10-20/h17-22,25-26H,5-16H2,1-4H3/t19?,21?,22-,25?/m1/s1. The van der Waals surface area contributed by atoms with E-state index in [1.807, 2.05) is 6.92 Å². The van der Waals surface area contributed by atoms with Crippen LogP contribution < -0.4 is 0 Å². The number of aliphatic hydroxyl groups excluding tert-OH is 1. The summed E-state index contributed by atoms with van der Waals surface area (Å²) in [4.78, 5) is 13.3. The van der Waals surface area contributed by atoms with Crippen molar-refractivity contribution in [3.8, 4) is 0 Å². The van der Waals surface area contributed by atoms with E-state index < -0.39 is 6.29 Å². The van der Waals surface area contributed by atoms with Gasteiger partial charge in [-0.3, -0.25) is 4.79 Å². The molecule has 0 bridgehead atoms. The van der Waals surface area contributed by atoms with Crippen molar-refractivity contribution in [1.29, 1.82) is 0 Å². The highest BCUT2D eigenvalue weighted by Gasteiger charge is 2.40. The lowest BCUT2D eigenvalue weighted by Crippen LogP contribution is -2.41. The van der Waals surface area contributed by atoms with Crippen LogP contribution in [-0.4, -0.2) is 56.8 Å². The lowest BCUT2D eigenvalue weighted by molar-refractivity contribution is -0.177. The zero-order chi connectivity index (χ0) is 22.6. The van der Waals surface area contributed by atoms with Crippen molar-refractivity contribution < 1.29 is 28.8 Å². The van der Waals surface area contributed by atoms with Crippen LogP contribution in [0.1, 0.15) is 66.2 Å². The predicted molar refractivity (Wildman–Crippen MR) is 120 cm³/mol. The van der Waals surface area contributed by atoms with Crippen LogP contribution in [0.4, 0.5) is 0 Å². The molecule has 6 heteroatoms. The van der Waals surface area contributed by atoms with E-state index in [0.717, 1.165) is 19.3 Å². The molecule has 0 aromatic rings. The third kappa shape index (κ3) is 8.16. The minimum atomic E-state index is -0.422. The first kappa shape index (κ1) is 26.3. The van der Waals surface area contributed by atoms with Crippen LogP contribution in [0.3, 0.4) is 0 Å². The predicted octanol–water partition coefficient (Wildman–Crippen LogP) is 4.35. The largest absolute Gasteiger partial charge is 0.461 e. The van der Waals surface area contributed by atoms with E-state index in [4.69, 9.17) is 24.1 Å². The van der Waals surface area contributed by atoms with Crippen LogP contribution in [0.15, 0.2) is 11.8 Å². The third-order valence-corrected chi connectivity index (χ3v) is 6.75. The van der Waals surface area contributed by atoms with Gasteiger partial charge in [0, 0.05) is 25.0 Å². The molecule has 0 amide bonds. The number of rotatable bonds is 14. The number of allylic oxidation sites excluding steroid dienone is 2. The molecule has 0 spiro atoms. The Morgan fingerprint density at radius 1 is 1.10 bits per heavy atom. The van der Waals surface area contributed by atoms with Gasteiger partial charge in [-0.05, 0) is 50.0 Å². The van der Waals surface area contributed by atoms with Gasteiger partial charge in [0.1, 0.15) is 0 Å². The van der Waals surface area contributed by atoms with Crippen molar-refractivity contribution in [2.24, 2.45) is 29.6 Å². The highest BCUT2D eigenvalue weighted by atomic mass is 16.7. The van der Waals surface area contributed by atoms with Crippen molar-refractivity contribution in [2.45, 2.75) is 72.5 Å². The lowest BCUT2D eigenvalue weighted by atomic mass is 9.76. The van der Waals surface area contributed by atoms with Crippen LogP contribution >= 0.6 is 0 Å². The molecule has 1 aliphatic carbocycles. The first-order valence-corrected chi connectivity index (χ1v) is 12.3. The Morgan fingerprint density at radius 2 is 1.77 bits per heavy atom. The van der Waals surface area contributed by atoms with Gasteiger partial charge in [-0.25, -0.2) is 0 Å². The summed E-state index contributed by atoms with van der Waals surface area (Å²) in [6.45, 7) is 10.9. The monoisotopic (exact) mass is 440 g/mol. The second kappa shape index (κ2) is 14.2. The van der Waals surface area contributed by atoms with Gasteiger partial charge in [0.2, 0.25) is 6.29 Å². The molecule has 1 N–H and O–H groups in total. The number of ether oxygens (including phenoxy) is 4. The summed E-state index contributed by atoms with van der Waals surface area (Å²) in [7, 11) is 0. The van der Waals surface area contributed by atoms with Gasteiger partial charge in [-0.1, -0.05) is 40.0 Å². The summed E-state index contributed by atoms with van der Waals surface area (Å²) in [5.74, 6) is 1.82. The molecule has 2 rings (SSSR count). The van der Waals surface area contributed by atoms with Crippen molar-refractivity contribution in [3.63, 3.8) is 0 Å². The van der Waals surface area contributed by atoms with Crippen molar-refractivity contribution in [3.05, 3.63) is 11.8 Å². The smallest absolute Gasteiger partial charge is 0.203 e. The quantitative estimate of drug-likeness (QED) is 0.405. The van der Waals surface area contributed by atoms with Gasteiger partial charge in [-0.15, -0.1) is 0 Å². The van der Waals surface area contributed by atoms with Gasteiger partial charge in [0.15, 0.2) is 11.5 Å². The fourth-order valence-electron chi connectivity index (χ4n) is 4.89. The molecule has 0 aromatic heterocycles. The molecule has 0 radical (unpaired) electrons. The van der Waals surface area contributed by atoms with Crippen molar-refractivity contribution in [1.82, 2.24) is 0 Å². The van der Waals surface area contributed by atoms with Crippen LogP contribution in [0.25, 0.3) is 0 Å². The van der Waals surface area contributed by atoms with E-state index in [2.05, 4.69) is 26.8 Å². The fraction of sp³-hybridized carbons (Fsp3) is 0.880. The minimum Gasteiger partial charge on any atom is -0.461 e. The molecule has 180 valence electrons. The van der Waals surface area contributed by atoms with Crippen molar-refractivity contribution >= 4 is 5.78 Å². The molecular formula is C25H44O6. The molecule has 0 aromatic carbocycles. The fourth-order valence-corrected chi connectivity index (χ4v) is 4.89. The molecule has 4 atom stereocenters. The second-order valence-electron chi connectivity index (χ2n) is 9.25. The molecule has 0 saturated heterocycles. The Morgan fingerprint density at radius 3 is 2.39 bits per heavy atom. The molecule has 3 unspecified atom stereocenters. The van der Waals surface area contributed by atoms with E-state index in [1.54, 1.807) is 0 Å². The average molecular weight is 441 g/mol. The Balaban J connectivity index is 2.01. The van der Waals surface area contributed by atoms with E-state index in [9.17, 15) is 4.79 Å². The summed E-state index contributed by atoms with van der Waals surface area (Å²) in [6.07, 6.45) is 8.47. The van der Waals surface area contributed by atoms with Crippen LogP contribution in [0.5, 0.6) is 0 Å². The average Bonchev–Trinajstić information content (AvgIpc) is 2.78. The third-order valence-electron chi connectivity index (χ3n) is 6.75. The maximum absolute atomic E-state index is 13.3. The maximum Gasteiger partial charge on any atom is 0.203 e. The maximum atomic E-state index is 13.3. The second-order valence-corrected chi connectivity index (χ2v) is 9.25. The van der Waals surface area contributed by atoms with E-state index >= 15 is 0 Å². The van der Waals surface area contributed by atoms with Gasteiger partial charge >= 0.3 is 0 Å². The first-order valence-electron chi connectivity index (χ1n) is 12.3. The molecule has 1 aliphatic heterocycles. The number of hydrogen-bond acceptors (Lipinski definition) is 6. The number of carbonyl (C=O) groups excluding carboxylic acids is 1. The van der Waals surface area contributed by atoms with E-state index in [-0.39, 0.29) is 30.1 Å². The van der Waals surface area contributed by atoms with E-state index in [1.165, 1.54) is 19.3 Å². The molecule has 1 heterocycles. The van der Waals surface area contributed by atoms with Crippen LogP contribution in [0.2, 0.25) is 0 Å². The summed E-state index contributed by atoms with van der Waals surface area (Å²) in [5, 5.41) is 8.75. The van der Waals surface area contributed by atoms with Gasteiger partial charge < -0.3 is 24.1 Å². The number of Topliss-reactive ketones (excluding diaryl/α,β-unsaturated/α-hetero) is 1. The highest BCUT2D eigenvalue weighted by molar-refractivity contribution is 5.95. The molecule has 1 saturated carbocycles. The highest BCUT2D eigenvalue weighted by Crippen LogP contribution is 2.39. The Kier molecular flexibility index (Phi) is 12.1. The SMILES string of the molecule is CCOC1OC(C(=O)C(C)C2CCCCC2)=C[C@H](C(C)C)C1CCOCCOCCO. The zero-order valence-electron chi connectivity index (χ0n) is 20.0. The number of ketones is 1. The molecule has 31 heavy (non-hydrogen) atoms. The zero-order valence-corrected chi connectivity index (χ0v) is 20.0. The summed E-state index contributed by atoms with van der Waals surface area (Å²) in [5.41, 5.74) is 0. The molecule has 1 fully saturated rings. The molecular weight excluding hydrogens is 396 g/mol.